The molecule has 0 bridgehead atoms. The molecule has 0 saturated heterocycles. The van der Waals surface area contributed by atoms with Crippen LogP contribution in [0.15, 0.2) is 18.2 Å². The first-order valence-electron chi connectivity index (χ1n) is 4.41. The second-order valence-corrected chi connectivity index (χ2v) is 3.49. The number of nitrogens with one attached hydrogen (secondary N) is 1. The lowest BCUT2D eigenvalue weighted by atomic mass is 10.0. The molecule has 0 spiro atoms. The van der Waals surface area contributed by atoms with Crippen LogP contribution in [0.2, 0.25) is 5.02 Å². The molecule has 1 atom stereocenters. The molecule has 0 aliphatic rings. The fourth-order valence-corrected chi connectivity index (χ4v) is 1.49. The van der Waals surface area contributed by atoms with Gasteiger partial charge in [0.15, 0.2) is 0 Å². The van der Waals surface area contributed by atoms with Crippen molar-refractivity contribution in [3.63, 3.8) is 0 Å². The first kappa shape index (κ1) is 12.4. The molecule has 0 saturated carbocycles. The van der Waals surface area contributed by atoms with Crippen LogP contribution >= 0.6 is 11.6 Å². The zero-order valence-electron chi connectivity index (χ0n) is 8.11. The summed E-state index contributed by atoms with van der Waals surface area (Å²) in [6.07, 6.45) is -0.0794. The summed E-state index contributed by atoms with van der Waals surface area (Å²) in [7, 11) is 0. The van der Waals surface area contributed by atoms with Gasteiger partial charge in [0.25, 0.3) is 0 Å². The number of carbonyl (C=O) groups is 2. The third-order valence-corrected chi connectivity index (χ3v) is 2.30. The van der Waals surface area contributed by atoms with Gasteiger partial charge in [0.1, 0.15) is 5.82 Å². The predicted molar refractivity (Wildman–Crippen MR) is 55.6 cm³/mol. The van der Waals surface area contributed by atoms with Gasteiger partial charge in [0.05, 0.1) is 17.5 Å². The van der Waals surface area contributed by atoms with E-state index in [1.807, 2.05) is 0 Å². The van der Waals surface area contributed by atoms with Gasteiger partial charge in [0.2, 0.25) is 6.41 Å². The maximum Gasteiger partial charge on any atom is 0.305 e. The lowest BCUT2D eigenvalue weighted by Crippen LogP contribution is -2.23. The Balaban J connectivity index is 3.04. The molecule has 1 aromatic carbocycles. The van der Waals surface area contributed by atoms with Gasteiger partial charge >= 0.3 is 5.97 Å². The molecule has 1 aromatic rings. The minimum absolute atomic E-state index is 0.0574. The maximum atomic E-state index is 13.5. The number of rotatable bonds is 5. The number of hydrogen-bond acceptors (Lipinski definition) is 2. The van der Waals surface area contributed by atoms with E-state index in [2.05, 4.69) is 5.32 Å². The standard InChI is InChI=1S/C10H9ClFNO3/c11-7-3-1-2-6(10(7)12)8(13-5-14)4-9(15)16/h1-3,5,8H,4H2,(H,13,14)(H,15,16)/t8-/m1/s1. The van der Waals surface area contributed by atoms with Crippen molar-refractivity contribution in [3.05, 3.63) is 34.6 Å². The average Bonchev–Trinajstić information content (AvgIpc) is 2.21. The second kappa shape index (κ2) is 5.46. The van der Waals surface area contributed by atoms with Crippen LogP contribution in [-0.4, -0.2) is 17.5 Å². The summed E-state index contributed by atoms with van der Waals surface area (Å²) < 4.78 is 13.5. The van der Waals surface area contributed by atoms with Crippen LogP contribution < -0.4 is 5.32 Å². The van der Waals surface area contributed by atoms with Crippen molar-refractivity contribution in [1.82, 2.24) is 5.32 Å². The molecule has 4 nitrogen and oxygen atoms in total. The number of hydrogen-bond donors (Lipinski definition) is 2. The number of benzene rings is 1. The molecule has 1 rings (SSSR count). The number of carbonyl (C=O) groups excluding carboxylic acids is 1. The second-order valence-electron chi connectivity index (χ2n) is 3.08. The molecule has 0 aliphatic heterocycles. The van der Waals surface area contributed by atoms with E-state index in [-0.39, 0.29) is 10.6 Å². The van der Waals surface area contributed by atoms with Crippen LogP contribution in [0.1, 0.15) is 18.0 Å². The topological polar surface area (TPSA) is 66.4 Å². The van der Waals surface area contributed by atoms with Crippen molar-refractivity contribution in [2.75, 3.05) is 0 Å². The Morgan fingerprint density at radius 2 is 2.31 bits per heavy atom. The van der Waals surface area contributed by atoms with E-state index < -0.39 is 24.2 Å². The van der Waals surface area contributed by atoms with Crippen LogP contribution in [-0.2, 0) is 9.59 Å². The highest BCUT2D eigenvalue weighted by Gasteiger charge is 2.19. The largest absolute Gasteiger partial charge is 0.481 e. The quantitative estimate of drug-likeness (QED) is 0.777. The van der Waals surface area contributed by atoms with Gasteiger partial charge in [-0.05, 0) is 6.07 Å². The Morgan fingerprint density at radius 1 is 1.62 bits per heavy atom. The molecule has 0 radical (unpaired) electrons. The normalized spacial score (nSPS) is 11.9. The van der Waals surface area contributed by atoms with E-state index in [0.717, 1.165) is 0 Å². The zero-order chi connectivity index (χ0) is 12.1. The van der Waals surface area contributed by atoms with E-state index in [0.29, 0.717) is 6.41 Å². The monoisotopic (exact) mass is 245 g/mol. The number of amides is 1. The minimum Gasteiger partial charge on any atom is -0.481 e. The Morgan fingerprint density at radius 3 is 2.88 bits per heavy atom. The van der Waals surface area contributed by atoms with Crippen LogP contribution in [0.5, 0.6) is 0 Å². The zero-order valence-corrected chi connectivity index (χ0v) is 8.87. The summed E-state index contributed by atoms with van der Waals surface area (Å²) in [6, 6.07) is 3.29. The third kappa shape index (κ3) is 2.93. The van der Waals surface area contributed by atoms with Gasteiger partial charge in [-0.2, -0.15) is 0 Å². The van der Waals surface area contributed by atoms with E-state index in [9.17, 15) is 14.0 Å². The van der Waals surface area contributed by atoms with Crippen LogP contribution in [0, 0.1) is 5.82 Å². The summed E-state index contributed by atoms with van der Waals surface area (Å²) in [5.41, 5.74) is 0.0574. The lowest BCUT2D eigenvalue weighted by molar-refractivity contribution is -0.137. The summed E-state index contributed by atoms with van der Waals surface area (Å²) in [5.74, 6) is -1.86. The first-order valence-corrected chi connectivity index (χ1v) is 4.79. The molecule has 16 heavy (non-hydrogen) atoms. The number of halogens is 2. The van der Waals surface area contributed by atoms with E-state index >= 15 is 0 Å². The van der Waals surface area contributed by atoms with Gasteiger partial charge < -0.3 is 10.4 Å². The fraction of sp³-hybridized carbons (Fsp3) is 0.200. The maximum absolute atomic E-state index is 13.5. The summed E-state index contributed by atoms with van der Waals surface area (Å²) in [4.78, 5) is 20.8. The van der Waals surface area contributed by atoms with Crippen LogP contribution in [0.4, 0.5) is 4.39 Å². The van der Waals surface area contributed by atoms with Gasteiger partial charge in [-0.3, -0.25) is 9.59 Å². The molecule has 2 N–H and O–H groups in total. The third-order valence-electron chi connectivity index (χ3n) is 2.00. The summed E-state index contributed by atoms with van der Waals surface area (Å²) in [5, 5.41) is 10.7. The molecule has 0 aromatic heterocycles. The van der Waals surface area contributed by atoms with E-state index in [4.69, 9.17) is 16.7 Å². The van der Waals surface area contributed by atoms with Gasteiger partial charge in [-0.15, -0.1) is 0 Å². The van der Waals surface area contributed by atoms with Crippen molar-refractivity contribution >= 4 is 24.0 Å². The number of carboxylic acids is 1. The molecule has 0 unspecified atom stereocenters. The van der Waals surface area contributed by atoms with Gasteiger partial charge in [-0.25, -0.2) is 4.39 Å². The highest BCUT2D eigenvalue weighted by molar-refractivity contribution is 6.30. The molecular weight excluding hydrogens is 237 g/mol. The predicted octanol–water partition coefficient (Wildman–Crippen LogP) is 1.74. The SMILES string of the molecule is O=CN[C@H](CC(=O)O)c1cccc(Cl)c1F. The Hall–Kier alpha value is -1.62. The van der Waals surface area contributed by atoms with Crippen molar-refractivity contribution in [2.45, 2.75) is 12.5 Å². The highest BCUT2D eigenvalue weighted by atomic mass is 35.5. The smallest absolute Gasteiger partial charge is 0.305 e. The Labute approximate surface area is 96.0 Å². The molecular formula is C10H9ClFNO3. The Bertz CT molecular complexity index is 411. The van der Waals surface area contributed by atoms with Crippen molar-refractivity contribution in [1.29, 1.82) is 0 Å². The van der Waals surface area contributed by atoms with Crippen molar-refractivity contribution in [2.24, 2.45) is 0 Å². The molecule has 6 heteroatoms. The van der Waals surface area contributed by atoms with Crippen LogP contribution in [0.3, 0.4) is 0 Å². The summed E-state index contributed by atoms with van der Waals surface area (Å²) >= 11 is 5.56. The van der Waals surface area contributed by atoms with E-state index in [1.54, 1.807) is 0 Å². The minimum atomic E-state index is -1.14. The highest BCUT2D eigenvalue weighted by Crippen LogP contribution is 2.25. The summed E-state index contributed by atoms with van der Waals surface area (Å²) in [6.45, 7) is 0. The molecule has 1 amide bonds. The van der Waals surface area contributed by atoms with Gasteiger partial charge in [0, 0.05) is 5.56 Å². The first-order chi connectivity index (χ1) is 7.56. The fourth-order valence-electron chi connectivity index (χ4n) is 1.31. The van der Waals surface area contributed by atoms with Gasteiger partial charge in [-0.1, -0.05) is 23.7 Å². The number of carboxylic acid groups (broad SMARTS) is 1. The van der Waals surface area contributed by atoms with E-state index in [1.165, 1.54) is 18.2 Å². The van der Waals surface area contributed by atoms with Crippen molar-refractivity contribution < 1.29 is 19.1 Å². The molecule has 86 valence electrons. The average molecular weight is 246 g/mol. The Kier molecular flexibility index (Phi) is 4.25. The molecule has 0 heterocycles. The van der Waals surface area contributed by atoms with Crippen molar-refractivity contribution in [3.8, 4) is 0 Å². The lowest BCUT2D eigenvalue weighted by Gasteiger charge is -2.15. The molecule has 0 fully saturated rings. The number of aliphatic carboxylic acids is 1. The molecule has 0 aliphatic carbocycles. The van der Waals surface area contributed by atoms with Crippen LogP contribution in [0.25, 0.3) is 0 Å².